The molecule has 2 heteroatoms. The predicted molar refractivity (Wildman–Crippen MR) is 90.7 cm³/mol. The molecule has 2 atom stereocenters. The molecular weight excluding hydrogens is 256 g/mol. The largest absolute Gasteiger partial charge is 0.314 e. The van der Waals surface area contributed by atoms with E-state index in [0.717, 1.165) is 24.2 Å². The standard InChI is InChI=1S/C19H36N2/c1-2-13-20-16-14-18-11-8-12-19(15-16)21(18)17-9-6-4-3-5-7-10-17/h16-20H,2-15H2,1H3. The summed E-state index contributed by atoms with van der Waals surface area (Å²) in [6.07, 6.45) is 18.9. The Balaban J connectivity index is 1.62. The Morgan fingerprint density at radius 2 is 1.33 bits per heavy atom. The summed E-state index contributed by atoms with van der Waals surface area (Å²) in [6, 6.07) is 3.53. The van der Waals surface area contributed by atoms with Gasteiger partial charge in [-0.25, -0.2) is 0 Å². The highest BCUT2D eigenvalue weighted by molar-refractivity contribution is 4.97. The first kappa shape index (κ1) is 15.8. The summed E-state index contributed by atoms with van der Waals surface area (Å²) in [4.78, 5) is 3.03. The van der Waals surface area contributed by atoms with E-state index in [-0.39, 0.29) is 0 Å². The summed E-state index contributed by atoms with van der Waals surface area (Å²) in [5, 5.41) is 3.82. The van der Waals surface area contributed by atoms with Crippen LogP contribution in [0.15, 0.2) is 0 Å². The van der Waals surface area contributed by atoms with E-state index in [9.17, 15) is 0 Å². The molecular formula is C19H36N2. The van der Waals surface area contributed by atoms with E-state index < -0.39 is 0 Å². The van der Waals surface area contributed by atoms with E-state index in [2.05, 4.69) is 17.1 Å². The van der Waals surface area contributed by atoms with Crippen LogP contribution in [-0.4, -0.2) is 35.6 Å². The molecule has 2 aliphatic heterocycles. The number of rotatable bonds is 4. The fourth-order valence-electron chi connectivity index (χ4n) is 5.26. The van der Waals surface area contributed by atoms with Crippen LogP contribution in [0.1, 0.15) is 90.4 Å². The molecule has 3 fully saturated rings. The van der Waals surface area contributed by atoms with Crippen LogP contribution in [0.25, 0.3) is 0 Å². The number of fused-ring (bicyclic) bond motifs is 2. The van der Waals surface area contributed by atoms with Gasteiger partial charge in [0.25, 0.3) is 0 Å². The van der Waals surface area contributed by atoms with Gasteiger partial charge >= 0.3 is 0 Å². The van der Waals surface area contributed by atoms with Gasteiger partial charge in [-0.2, -0.15) is 0 Å². The molecule has 21 heavy (non-hydrogen) atoms. The van der Waals surface area contributed by atoms with Crippen molar-refractivity contribution in [3.8, 4) is 0 Å². The molecule has 2 saturated heterocycles. The summed E-state index contributed by atoms with van der Waals surface area (Å²) in [5.74, 6) is 0. The zero-order valence-corrected chi connectivity index (χ0v) is 14.2. The van der Waals surface area contributed by atoms with Crippen molar-refractivity contribution in [2.75, 3.05) is 6.54 Å². The lowest BCUT2D eigenvalue weighted by molar-refractivity contribution is -0.0186. The van der Waals surface area contributed by atoms with E-state index in [0.29, 0.717) is 0 Å². The third-order valence-electron chi connectivity index (χ3n) is 6.21. The molecule has 3 rings (SSSR count). The molecule has 1 aliphatic carbocycles. The lowest BCUT2D eigenvalue weighted by atomic mass is 9.79. The summed E-state index contributed by atoms with van der Waals surface area (Å²) in [5.41, 5.74) is 0. The molecule has 3 aliphatic rings. The molecule has 2 unspecified atom stereocenters. The van der Waals surface area contributed by atoms with Gasteiger partial charge in [0.15, 0.2) is 0 Å². The first-order valence-corrected chi connectivity index (χ1v) is 9.89. The SMILES string of the molecule is CCCNC1CC2CCCC(C1)N2C1CCCCCCC1. The average Bonchev–Trinajstić information content (AvgIpc) is 2.44. The van der Waals surface area contributed by atoms with Crippen molar-refractivity contribution in [1.29, 1.82) is 0 Å². The van der Waals surface area contributed by atoms with Crippen LogP contribution in [0.5, 0.6) is 0 Å². The molecule has 0 spiro atoms. The lowest BCUT2D eigenvalue weighted by Crippen LogP contribution is -2.59. The maximum absolute atomic E-state index is 3.82. The fraction of sp³-hybridized carbons (Fsp3) is 1.00. The van der Waals surface area contributed by atoms with Crippen molar-refractivity contribution in [1.82, 2.24) is 10.2 Å². The molecule has 1 N–H and O–H groups in total. The molecule has 0 aromatic rings. The van der Waals surface area contributed by atoms with E-state index in [1.165, 1.54) is 90.0 Å². The Morgan fingerprint density at radius 1 is 0.762 bits per heavy atom. The van der Waals surface area contributed by atoms with Gasteiger partial charge in [-0.15, -0.1) is 0 Å². The van der Waals surface area contributed by atoms with Gasteiger partial charge in [-0.1, -0.05) is 45.4 Å². The summed E-state index contributed by atoms with van der Waals surface area (Å²) in [7, 11) is 0. The lowest BCUT2D eigenvalue weighted by Gasteiger charge is -2.53. The fourth-order valence-corrected chi connectivity index (χ4v) is 5.26. The van der Waals surface area contributed by atoms with Gasteiger partial charge in [-0.3, -0.25) is 4.90 Å². The molecule has 0 amide bonds. The van der Waals surface area contributed by atoms with Crippen LogP contribution in [0.4, 0.5) is 0 Å². The van der Waals surface area contributed by atoms with Crippen LogP contribution in [0, 0.1) is 0 Å². The molecule has 2 heterocycles. The predicted octanol–water partition coefficient (Wildman–Crippen LogP) is 4.48. The average molecular weight is 293 g/mol. The molecule has 1 saturated carbocycles. The first-order valence-electron chi connectivity index (χ1n) is 9.89. The molecule has 2 bridgehead atoms. The second-order valence-corrected chi connectivity index (χ2v) is 7.81. The smallest absolute Gasteiger partial charge is 0.0116 e. The van der Waals surface area contributed by atoms with Crippen LogP contribution >= 0.6 is 0 Å². The normalized spacial score (nSPS) is 36.1. The van der Waals surface area contributed by atoms with Crippen molar-refractivity contribution < 1.29 is 0 Å². The van der Waals surface area contributed by atoms with Gasteiger partial charge in [0, 0.05) is 24.2 Å². The monoisotopic (exact) mass is 292 g/mol. The first-order chi connectivity index (χ1) is 10.4. The highest BCUT2D eigenvalue weighted by atomic mass is 15.2. The molecule has 0 aromatic carbocycles. The van der Waals surface area contributed by atoms with Gasteiger partial charge in [0.05, 0.1) is 0 Å². The second kappa shape index (κ2) is 7.97. The van der Waals surface area contributed by atoms with Gasteiger partial charge < -0.3 is 5.32 Å². The van der Waals surface area contributed by atoms with E-state index in [4.69, 9.17) is 0 Å². The molecule has 0 radical (unpaired) electrons. The molecule has 122 valence electrons. The summed E-state index contributed by atoms with van der Waals surface area (Å²) in [6.45, 7) is 3.50. The number of nitrogens with zero attached hydrogens (tertiary/aromatic N) is 1. The third kappa shape index (κ3) is 4.01. The van der Waals surface area contributed by atoms with Crippen molar-refractivity contribution in [3.05, 3.63) is 0 Å². The van der Waals surface area contributed by atoms with Crippen LogP contribution in [0.2, 0.25) is 0 Å². The summed E-state index contributed by atoms with van der Waals surface area (Å²) >= 11 is 0. The van der Waals surface area contributed by atoms with Crippen LogP contribution < -0.4 is 5.32 Å². The number of hydrogen-bond acceptors (Lipinski definition) is 2. The minimum Gasteiger partial charge on any atom is -0.314 e. The minimum absolute atomic E-state index is 0.810. The Labute approximate surface area is 132 Å². The quantitative estimate of drug-likeness (QED) is 0.821. The Kier molecular flexibility index (Phi) is 5.99. The number of piperidine rings is 2. The Hall–Kier alpha value is -0.0800. The van der Waals surface area contributed by atoms with Crippen molar-refractivity contribution in [3.63, 3.8) is 0 Å². The number of hydrogen-bond donors (Lipinski definition) is 1. The van der Waals surface area contributed by atoms with Crippen molar-refractivity contribution in [2.24, 2.45) is 0 Å². The maximum atomic E-state index is 3.82. The number of nitrogens with one attached hydrogen (secondary N) is 1. The molecule has 0 aromatic heterocycles. The zero-order chi connectivity index (χ0) is 14.5. The zero-order valence-electron chi connectivity index (χ0n) is 14.2. The Bertz CT molecular complexity index is 282. The third-order valence-corrected chi connectivity index (χ3v) is 6.21. The highest BCUT2D eigenvalue weighted by Crippen LogP contribution is 2.38. The van der Waals surface area contributed by atoms with Crippen molar-refractivity contribution >= 4 is 0 Å². The van der Waals surface area contributed by atoms with Crippen LogP contribution in [0.3, 0.4) is 0 Å². The maximum Gasteiger partial charge on any atom is 0.0116 e. The van der Waals surface area contributed by atoms with Gasteiger partial charge in [-0.05, 0) is 51.5 Å². The summed E-state index contributed by atoms with van der Waals surface area (Å²) < 4.78 is 0. The van der Waals surface area contributed by atoms with E-state index in [1.54, 1.807) is 0 Å². The van der Waals surface area contributed by atoms with Crippen LogP contribution in [-0.2, 0) is 0 Å². The minimum atomic E-state index is 0.810. The topological polar surface area (TPSA) is 15.3 Å². The Morgan fingerprint density at radius 3 is 1.95 bits per heavy atom. The van der Waals surface area contributed by atoms with Crippen molar-refractivity contribution in [2.45, 2.75) is 115 Å². The van der Waals surface area contributed by atoms with Gasteiger partial charge in [0.2, 0.25) is 0 Å². The van der Waals surface area contributed by atoms with E-state index >= 15 is 0 Å². The van der Waals surface area contributed by atoms with Gasteiger partial charge in [0.1, 0.15) is 0 Å². The van der Waals surface area contributed by atoms with E-state index in [1.807, 2.05) is 0 Å². The highest BCUT2D eigenvalue weighted by Gasteiger charge is 2.40. The second-order valence-electron chi connectivity index (χ2n) is 7.81. The molecule has 2 nitrogen and oxygen atoms in total.